The highest BCUT2D eigenvalue weighted by Crippen LogP contribution is 1.85. The van der Waals surface area contributed by atoms with Gasteiger partial charge in [-0.1, -0.05) is 0 Å². The van der Waals surface area contributed by atoms with E-state index < -0.39 is 5.91 Å². The van der Waals surface area contributed by atoms with E-state index in [1.807, 2.05) is 0 Å². The van der Waals surface area contributed by atoms with Crippen molar-refractivity contribution in [2.45, 2.75) is 6.42 Å². The molecule has 0 aliphatic carbocycles. The van der Waals surface area contributed by atoms with E-state index in [1.54, 1.807) is 0 Å². The Morgan fingerprint density at radius 1 is 0.760 bits per heavy atom. The lowest BCUT2D eigenvalue weighted by atomic mass is 10.4. The molecule has 0 atom stereocenters. The fourth-order valence-corrected chi connectivity index (χ4v) is 1.71. The summed E-state index contributed by atoms with van der Waals surface area (Å²) in [6.07, 6.45) is 0.417. The third kappa shape index (κ3) is 21.0. The Labute approximate surface area is 154 Å². The molecule has 0 fully saturated rings. The molecule has 3 N–H and O–H groups in total. The van der Waals surface area contributed by atoms with Crippen molar-refractivity contribution in [1.82, 2.24) is 5.32 Å². The third-order valence-corrected chi connectivity index (χ3v) is 2.86. The lowest BCUT2D eigenvalue weighted by Crippen LogP contribution is -2.27. The fourth-order valence-electron chi connectivity index (χ4n) is 1.50. The molecule has 0 radical (unpaired) electrons. The molecule has 0 saturated heterocycles. The van der Waals surface area contributed by atoms with E-state index in [4.69, 9.17) is 29.4 Å². The topological polar surface area (TPSA) is 118 Å². The van der Waals surface area contributed by atoms with Gasteiger partial charge in [0.25, 0.3) is 0 Å². The van der Waals surface area contributed by atoms with Gasteiger partial charge in [0, 0.05) is 13.0 Å². The zero-order valence-electron chi connectivity index (χ0n) is 14.6. The van der Waals surface area contributed by atoms with Crippen LogP contribution in [0.25, 0.3) is 0 Å². The van der Waals surface area contributed by atoms with Crippen molar-refractivity contribution in [3.8, 4) is 0 Å². The average Bonchev–Trinajstić information content (AvgIpc) is 2.57. The molecular formula is C15H30N2O7S. The highest BCUT2D eigenvalue weighted by atomic mass is 32.1. The van der Waals surface area contributed by atoms with Crippen LogP contribution in [-0.4, -0.2) is 90.2 Å². The van der Waals surface area contributed by atoms with Crippen molar-refractivity contribution in [2.75, 3.05) is 78.4 Å². The van der Waals surface area contributed by atoms with Crippen LogP contribution in [0.5, 0.6) is 0 Å². The van der Waals surface area contributed by atoms with Crippen molar-refractivity contribution in [1.29, 1.82) is 0 Å². The van der Waals surface area contributed by atoms with Crippen LogP contribution in [-0.2, 0) is 33.3 Å². The summed E-state index contributed by atoms with van der Waals surface area (Å²) in [6, 6.07) is 0. The molecule has 0 unspecified atom stereocenters. The van der Waals surface area contributed by atoms with E-state index in [9.17, 15) is 9.59 Å². The molecule has 2 amide bonds. The van der Waals surface area contributed by atoms with Gasteiger partial charge in [-0.25, -0.2) is 0 Å². The summed E-state index contributed by atoms with van der Waals surface area (Å²) in [7, 11) is 0. The highest BCUT2D eigenvalue weighted by molar-refractivity contribution is 7.80. The number of hydrogen-bond donors (Lipinski definition) is 3. The summed E-state index contributed by atoms with van der Waals surface area (Å²) in [4.78, 5) is 21.5. The number of nitrogens with two attached hydrogens (primary N) is 1. The summed E-state index contributed by atoms with van der Waals surface area (Å²) in [5.41, 5.74) is 4.91. The third-order valence-electron chi connectivity index (χ3n) is 2.64. The monoisotopic (exact) mass is 382 g/mol. The summed E-state index contributed by atoms with van der Waals surface area (Å²) >= 11 is 3.98. The van der Waals surface area contributed by atoms with Crippen LogP contribution in [0.4, 0.5) is 0 Å². The van der Waals surface area contributed by atoms with Gasteiger partial charge in [0.05, 0.1) is 59.5 Å². The Hall–Kier alpha value is -0.910. The maximum Gasteiger partial charge on any atom is 0.243 e. The second-order valence-corrected chi connectivity index (χ2v) is 5.24. The average molecular weight is 382 g/mol. The van der Waals surface area contributed by atoms with Crippen LogP contribution in [0.3, 0.4) is 0 Å². The zero-order valence-corrected chi connectivity index (χ0v) is 15.5. The molecule has 0 aromatic carbocycles. The largest absolute Gasteiger partial charge is 0.377 e. The van der Waals surface area contributed by atoms with Crippen molar-refractivity contribution < 1.29 is 33.3 Å². The number of carbonyl (C=O) groups is 2. The number of thiol groups is 1. The minimum absolute atomic E-state index is 0.0193. The van der Waals surface area contributed by atoms with Crippen LogP contribution in [0.2, 0.25) is 0 Å². The van der Waals surface area contributed by atoms with Crippen molar-refractivity contribution in [3.05, 3.63) is 0 Å². The van der Waals surface area contributed by atoms with E-state index >= 15 is 0 Å². The fraction of sp³-hybridized carbons (Fsp3) is 0.867. The van der Waals surface area contributed by atoms with Crippen LogP contribution < -0.4 is 11.1 Å². The molecule has 9 nitrogen and oxygen atoms in total. The SMILES string of the molecule is NC(=O)COCCOCCOCCOCCOCCNC(=O)CCS. The van der Waals surface area contributed by atoms with Gasteiger partial charge < -0.3 is 34.7 Å². The van der Waals surface area contributed by atoms with Crippen LogP contribution in [0, 0.1) is 0 Å². The van der Waals surface area contributed by atoms with E-state index in [0.717, 1.165) is 0 Å². The predicted molar refractivity (Wildman–Crippen MR) is 94.8 cm³/mol. The molecule has 0 spiro atoms. The minimum atomic E-state index is -0.496. The lowest BCUT2D eigenvalue weighted by Gasteiger charge is -2.08. The first-order valence-electron chi connectivity index (χ1n) is 8.21. The van der Waals surface area contributed by atoms with Gasteiger partial charge in [-0.3, -0.25) is 9.59 Å². The Morgan fingerprint density at radius 2 is 1.20 bits per heavy atom. The Bertz CT molecular complexity index is 335. The maximum absolute atomic E-state index is 11.1. The molecular weight excluding hydrogens is 352 g/mol. The smallest absolute Gasteiger partial charge is 0.243 e. The van der Waals surface area contributed by atoms with Gasteiger partial charge in [0.15, 0.2) is 0 Å². The minimum Gasteiger partial charge on any atom is -0.377 e. The number of amides is 2. The lowest BCUT2D eigenvalue weighted by molar-refractivity contribution is -0.123. The first-order valence-corrected chi connectivity index (χ1v) is 8.84. The summed E-state index contributed by atoms with van der Waals surface area (Å²) < 4.78 is 26.1. The number of ether oxygens (including phenoxy) is 5. The van der Waals surface area contributed by atoms with E-state index in [0.29, 0.717) is 78.2 Å². The van der Waals surface area contributed by atoms with Crippen LogP contribution in [0.1, 0.15) is 6.42 Å². The van der Waals surface area contributed by atoms with Crippen LogP contribution in [0.15, 0.2) is 0 Å². The zero-order chi connectivity index (χ0) is 18.6. The van der Waals surface area contributed by atoms with Gasteiger partial charge in [-0.05, 0) is 5.75 Å². The molecule has 0 rings (SSSR count). The molecule has 0 aliphatic heterocycles. The summed E-state index contributed by atoms with van der Waals surface area (Å²) in [5, 5.41) is 2.72. The molecule has 148 valence electrons. The number of rotatable bonds is 19. The van der Waals surface area contributed by atoms with Crippen molar-refractivity contribution >= 4 is 24.4 Å². The van der Waals surface area contributed by atoms with Gasteiger partial charge in [-0.2, -0.15) is 12.6 Å². The van der Waals surface area contributed by atoms with Crippen molar-refractivity contribution in [3.63, 3.8) is 0 Å². The molecule has 0 saturated carbocycles. The summed E-state index contributed by atoms with van der Waals surface area (Å²) in [6.45, 7) is 4.37. The normalized spacial score (nSPS) is 10.8. The molecule has 10 heteroatoms. The highest BCUT2D eigenvalue weighted by Gasteiger charge is 1.98. The van der Waals surface area contributed by atoms with E-state index in [2.05, 4.69) is 17.9 Å². The first-order chi connectivity index (χ1) is 12.2. The Balaban J connectivity index is 3.05. The van der Waals surface area contributed by atoms with E-state index in [1.165, 1.54) is 0 Å². The number of carbonyl (C=O) groups excluding carboxylic acids is 2. The van der Waals surface area contributed by atoms with Crippen molar-refractivity contribution in [2.24, 2.45) is 5.73 Å². The number of primary amides is 1. The second kappa shape index (κ2) is 19.4. The van der Waals surface area contributed by atoms with Gasteiger partial charge in [0.2, 0.25) is 11.8 Å². The van der Waals surface area contributed by atoms with Gasteiger partial charge in [0.1, 0.15) is 6.61 Å². The predicted octanol–water partition coefficient (Wildman–Crippen LogP) is -1.01. The summed E-state index contributed by atoms with van der Waals surface area (Å²) in [5.74, 6) is 0.0269. The number of hydrogen-bond acceptors (Lipinski definition) is 8. The van der Waals surface area contributed by atoms with Crippen LogP contribution >= 0.6 is 12.6 Å². The number of nitrogens with one attached hydrogen (secondary N) is 1. The maximum atomic E-state index is 11.1. The molecule has 0 heterocycles. The molecule has 0 aromatic heterocycles. The van der Waals surface area contributed by atoms with Gasteiger partial charge in [-0.15, -0.1) is 0 Å². The second-order valence-electron chi connectivity index (χ2n) is 4.79. The molecule has 0 bridgehead atoms. The quantitative estimate of drug-likeness (QED) is 0.193. The standard InChI is InChI=1S/C15H30N2O7S/c16-14(18)13-24-11-10-23-9-8-22-7-6-21-5-4-20-3-2-17-15(19)1-12-25/h25H,1-13H2,(H2,16,18)(H,17,19). The first kappa shape index (κ1) is 24.1. The van der Waals surface area contributed by atoms with E-state index in [-0.39, 0.29) is 12.5 Å². The molecule has 25 heavy (non-hydrogen) atoms. The molecule has 0 aliphatic rings. The Morgan fingerprint density at radius 3 is 1.64 bits per heavy atom. The Kier molecular flexibility index (Phi) is 18.7. The van der Waals surface area contributed by atoms with Gasteiger partial charge >= 0.3 is 0 Å². The molecule has 0 aromatic rings.